The third-order valence-electron chi connectivity index (χ3n) is 7.81. The Labute approximate surface area is 224 Å². The molecule has 2 aliphatic rings. The number of pyridine rings is 2. The van der Waals surface area contributed by atoms with E-state index in [4.69, 9.17) is 4.98 Å². The molecule has 202 valence electrons. The van der Waals surface area contributed by atoms with Gasteiger partial charge in [0, 0.05) is 46.2 Å². The van der Waals surface area contributed by atoms with E-state index >= 15 is 0 Å². The number of carbonyl (C=O) groups is 2. The van der Waals surface area contributed by atoms with Crippen molar-refractivity contribution in [2.75, 3.05) is 57.3 Å². The number of anilines is 1. The van der Waals surface area contributed by atoms with Crippen LogP contribution in [-0.4, -0.2) is 88.3 Å². The molecule has 0 bridgehead atoms. The average Bonchev–Trinajstić information content (AvgIpc) is 3.46. The fraction of sp³-hybridized carbons (Fsp3) is 0.393. The number of carbonyl (C=O) groups excluding carboxylic acids is 2. The summed E-state index contributed by atoms with van der Waals surface area (Å²) in [6.45, 7) is 7.09. The number of hydrogen-bond acceptors (Lipinski definition) is 7. The molecule has 0 radical (unpaired) electrons. The van der Waals surface area contributed by atoms with E-state index in [-0.39, 0.29) is 22.7 Å². The average molecular weight is 530 g/mol. The van der Waals surface area contributed by atoms with Crippen LogP contribution in [-0.2, 0) is 4.79 Å². The number of likely N-dealkylation sites (tertiary alicyclic amines) is 1. The molecule has 3 aromatic heterocycles. The number of rotatable bonds is 5. The minimum absolute atomic E-state index is 0.0420. The van der Waals surface area contributed by atoms with Gasteiger partial charge in [-0.05, 0) is 50.2 Å². The molecule has 2 amide bonds. The molecule has 11 heteroatoms. The summed E-state index contributed by atoms with van der Waals surface area (Å²) in [5.41, 5.74) is 0.0836. The van der Waals surface area contributed by atoms with E-state index in [2.05, 4.69) is 20.1 Å². The van der Waals surface area contributed by atoms with Crippen LogP contribution in [0, 0.1) is 0 Å². The Morgan fingerprint density at radius 3 is 2.44 bits per heavy atom. The fourth-order valence-corrected chi connectivity index (χ4v) is 5.69. The molecular weight excluding hydrogens is 498 g/mol. The first kappa shape index (κ1) is 25.1. The third-order valence-corrected chi connectivity index (χ3v) is 7.81. The summed E-state index contributed by atoms with van der Waals surface area (Å²) in [5, 5.41) is 3.61. The minimum atomic E-state index is -0.519. The van der Waals surface area contributed by atoms with Gasteiger partial charge in [0.05, 0.1) is 16.3 Å². The van der Waals surface area contributed by atoms with E-state index in [1.807, 2.05) is 6.07 Å². The van der Waals surface area contributed by atoms with Crippen LogP contribution in [0.3, 0.4) is 0 Å². The van der Waals surface area contributed by atoms with Crippen LogP contribution in [0.5, 0.6) is 0 Å². The van der Waals surface area contributed by atoms with Gasteiger partial charge < -0.3 is 25.0 Å². The summed E-state index contributed by atoms with van der Waals surface area (Å²) < 4.78 is 1.71. The number of hydrogen-bond donors (Lipinski definition) is 2. The molecule has 2 saturated heterocycles. The predicted octanol–water partition coefficient (Wildman–Crippen LogP) is 1.18. The van der Waals surface area contributed by atoms with Crippen LogP contribution < -0.4 is 21.2 Å². The predicted molar refractivity (Wildman–Crippen MR) is 150 cm³/mol. The highest BCUT2D eigenvalue weighted by atomic mass is 16.2. The molecule has 2 fully saturated rings. The summed E-state index contributed by atoms with van der Waals surface area (Å²) in [5.74, 6) is 0.186. The maximum absolute atomic E-state index is 13.8. The van der Waals surface area contributed by atoms with Crippen molar-refractivity contribution >= 4 is 45.2 Å². The summed E-state index contributed by atoms with van der Waals surface area (Å²) in [4.78, 5) is 65.8. The lowest BCUT2D eigenvalue weighted by Gasteiger charge is -2.35. The van der Waals surface area contributed by atoms with Gasteiger partial charge in [0.1, 0.15) is 17.0 Å². The van der Waals surface area contributed by atoms with Crippen LogP contribution in [0.15, 0.2) is 46.0 Å². The molecule has 2 aliphatic heterocycles. The fourth-order valence-electron chi connectivity index (χ4n) is 5.69. The number of aromatic nitrogens is 3. The third kappa shape index (κ3) is 4.52. The summed E-state index contributed by atoms with van der Waals surface area (Å²) in [6, 6.07) is 10.6. The van der Waals surface area contributed by atoms with Gasteiger partial charge >= 0.3 is 0 Å². The van der Waals surface area contributed by atoms with Crippen molar-refractivity contribution in [3.63, 3.8) is 0 Å². The highest BCUT2D eigenvalue weighted by molar-refractivity contribution is 6.04. The summed E-state index contributed by atoms with van der Waals surface area (Å²) >= 11 is 0. The Kier molecular flexibility index (Phi) is 6.51. The number of nitrogens with zero attached hydrogens (tertiary/aromatic N) is 5. The van der Waals surface area contributed by atoms with Gasteiger partial charge in [-0.15, -0.1) is 0 Å². The number of H-pyrrole nitrogens is 1. The molecular formula is C28H31N7O4. The summed E-state index contributed by atoms with van der Waals surface area (Å²) in [7, 11) is 0. The van der Waals surface area contributed by atoms with Crippen molar-refractivity contribution in [3.05, 3.63) is 62.5 Å². The van der Waals surface area contributed by atoms with Gasteiger partial charge in [-0.3, -0.25) is 23.6 Å². The largest absolute Gasteiger partial charge is 0.353 e. The van der Waals surface area contributed by atoms with E-state index < -0.39 is 11.3 Å². The normalized spacial score (nSPS) is 16.4. The number of fused-ring (bicyclic) bond motifs is 5. The van der Waals surface area contributed by atoms with Crippen molar-refractivity contribution in [3.8, 4) is 0 Å². The number of para-hydroxylation sites is 1. The quantitative estimate of drug-likeness (QED) is 0.372. The second-order valence-electron chi connectivity index (χ2n) is 10.2. The lowest BCUT2D eigenvalue weighted by atomic mass is 10.1. The van der Waals surface area contributed by atoms with Gasteiger partial charge in [-0.1, -0.05) is 12.1 Å². The SMILES string of the molecule is CC(=O)N1CCN(c2ccc3c(=O)c(C(=O)NCCN4CCCC4)c4[nH]c(=O)c5ccccc5n4c3n2)CC1. The van der Waals surface area contributed by atoms with E-state index in [1.54, 1.807) is 46.6 Å². The maximum atomic E-state index is 13.8. The number of amides is 2. The molecule has 0 saturated carbocycles. The standard InChI is InChI=1S/C28H31N7O4/c1-18(36)33-14-16-34(17-15-33)22-9-8-20-24(37)23(28(39)29-10-13-32-11-4-5-12-32)26-31-27(38)19-6-2-3-7-21(19)35(26)25(20)30-22/h2-3,6-9H,4-5,10-17H2,1H3,(H,29,39)(H,31,38). The lowest BCUT2D eigenvalue weighted by molar-refractivity contribution is -0.129. The first-order valence-electron chi connectivity index (χ1n) is 13.4. The zero-order valence-corrected chi connectivity index (χ0v) is 21.9. The molecule has 6 rings (SSSR count). The van der Waals surface area contributed by atoms with E-state index in [1.165, 1.54) is 0 Å². The van der Waals surface area contributed by atoms with E-state index in [0.717, 1.165) is 25.9 Å². The van der Waals surface area contributed by atoms with Crippen LogP contribution in [0.4, 0.5) is 5.82 Å². The van der Waals surface area contributed by atoms with Gasteiger partial charge in [0.15, 0.2) is 5.65 Å². The van der Waals surface area contributed by atoms with Crippen LogP contribution >= 0.6 is 0 Å². The molecule has 11 nitrogen and oxygen atoms in total. The molecule has 0 unspecified atom stereocenters. The zero-order chi connectivity index (χ0) is 27.1. The van der Waals surface area contributed by atoms with Gasteiger partial charge in [0.25, 0.3) is 11.5 Å². The molecule has 0 spiro atoms. The second-order valence-corrected chi connectivity index (χ2v) is 10.2. The maximum Gasteiger partial charge on any atom is 0.259 e. The zero-order valence-electron chi connectivity index (χ0n) is 21.9. The molecule has 0 atom stereocenters. The topological polar surface area (TPSA) is 123 Å². The molecule has 39 heavy (non-hydrogen) atoms. The van der Waals surface area contributed by atoms with Crippen molar-refractivity contribution in [2.24, 2.45) is 0 Å². The monoisotopic (exact) mass is 529 g/mol. The van der Waals surface area contributed by atoms with Crippen LogP contribution in [0.2, 0.25) is 0 Å². The van der Waals surface area contributed by atoms with Gasteiger partial charge in [-0.25, -0.2) is 4.98 Å². The lowest BCUT2D eigenvalue weighted by Crippen LogP contribution is -2.48. The molecule has 5 heterocycles. The molecule has 1 aromatic carbocycles. The van der Waals surface area contributed by atoms with Crippen molar-refractivity contribution in [2.45, 2.75) is 19.8 Å². The molecule has 4 aromatic rings. The first-order chi connectivity index (χ1) is 18.9. The number of piperazine rings is 1. The Morgan fingerprint density at radius 1 is 0.949 bits per heavy atom. The van der Waals surface area contributed by atoms with E-state index in [9.17, 15) is 19.2 Å². The number of benzene rings is 1. The van der Waals surface area contributed by atoms with E-state index in [0.29, 0.717) is 67.0 Å². The minimum Gasteiger partial charge on any atom is -0.353 e. The van der Waals surface area contributed by atoms with Crippen LogP contribution in [0.1, 0.15) is 30.1 Å². The summed E-state index contributed by atoms with van der Waals surface area (Å²) in [6.07, 6.45) is 2.31. The Bertz CT molecular complexity index is 1710. The highest BCUT2D eigenvalue weighted by Gasteiger charge is 2.24. The van der Waals surface area contributed by atoms with Crippen molar-refractivity contribution < 1.29 is 9.59 Å². The Hall–Kier alpha value is -4.25. The second kappa shape index (κ2) is 10.1. The Balaban J connectivity index is 1.48. The number of nitrogens with one attached hydrogen (secondary N) is 2. The van der Waals surface area contributed by atoms with Crippen LogP contribution in [0.25, 0.3) is 27.6 Å². The van der Waals surface area contributed by atoms with Crippen molar-refractivity contribution in [1.29, 1.82) is 0 Å². The molecule has 0 aliphatic carbocycles. The highest BCUT2D eigenvalue weighted by Crippen LogP contribution is 2.23. The number of aromatic amines is 1. The molecule has 2 N–H and O–H groups in total. The van der Waals surface area contributed by atoms with Gasteiger partial charge in [0.2, 0.25) is 11.3 Å². The van der Waals surface area contributed by atoms with Crippen molar-refractivity contribution in [1.82, 2.24) is 29.5 Å². The first-order valence-corrected chi connectivity index (χ1v) is 13.4. The Morgan fingerprint density at radius 2 is 1.69 bits per heavy atom. The smallest absolute Gasteiger partial charge is 0.259 e. The van der Waals surface area contributed by atoms with Gasteiger partial charge in [-0.2, -0.15) is 0 Å².